The maximum atomic E-state index is 13.2. The van der Waals surface area contributed by atoms with Gasteiger partial charge in [-0.05, 0) is 47.5 Å². The molecule has 35 heavy (non-hydrogen) atoms. The number of aryl methyl sites for hydroxylation is 1. The molecule has 5 heteroatoms. The molecule has 1 heterocycles. The van der Waals surface area contributed by atoms with Crippen LogP contribution in [0.1, 0.15) is 21.5 Å². The van der Waals surface area contributed by atoms with E-state index in [2.05, 4.69) is 33.4 Å². The Balaban J connectivity index is 1.50. The lowest BCUT2D eigenvalue weighted by atomic mass is 10.1. The number of hydrogen-bond acceptors (Lipinski definition) is 2. The Morgan fingerprint density at radius 3 is 2.20 bits per heavy atom. The van der Waals surface area contributed by atoms with E-state index in [1.807, 2.05) is 67.7 Å². The molecular formula is C30H25N3O2. The Labute approximate surface area is 203 Å². The molecule has 0 atom stereocenters. The zero-order valence-corrected chi connectivity index (χ0v) is 19.4. The molecule has 2 amide bonds. The van der Waals surface area contributed by atoms with E-state index in [-0.39, 0.29) is 17.5 Å². The first-order valence-corrected chi connectivity index (χ1v) is 11.5. The highest BCUT2D eigenvalue weighted by molar-refractivity contribution is 6.09. The summed E-state index contributed by atoms with van der Waals surface area (Å²) in [6.45, 7) is 0.362. The number of benzene rings is 4. The summed E-state index contributed by atoms with van der Waals surface area (Å²) in [6, 6.07) is 32.8. The molecule has 5 nitrogen and oxygen atoms in total. The summed E-state index contributed by atoms with van der Waals surface area (Å²) in [5.41, 5.74) is 4.72. The topological polar surface area (TPSA) is 63.1 Å². The second-order valence-electron chi connectivity index (χ2n) is 8.40. The van der Waals surface area contributed by atoms with Crippen LogP contribution in [-0.4, -0.2) is 16.4 Å². The number of carbonyl (C=O) groups excluding carboxylic acids is 2. The van der Waals surface area contributed by atoms with Gasteiger partial charge in [0.05, 0.1) is 0 Å². The normalized spacial score (nSPS) is 11.5. The van der Waals surface area contributed by atoms with Gasteiger partial charge >= 0.3 is 0 Å². The van der Waals surface area contributed by atoms with E-state index in [4.69, 9.17) is 0 Å². The van der Waals surface area contributed by atoms with Gasteiger partial charge in [0, 0.05) is 41.0 Å². The van der Waals surface area contributed by atoms with E-state index >= 15 is 0 Å². The Kier molecular flexibility index (Phi) is 6.14. The maximum absolute atomic E-state index is 13.2. The fraction of sp³-hybridized carbons (Fsp3) is 0.0667. The van der Waals surface area contributed by atoms with Crippen molar-refractivity contribution in [2.75, 3.05) is 0 Å². The quantitative estimate of drug-likeness (QED) is 0.333. The molecular weight excluding hydrogens is 434 g/mol. The summed E-state index contributed by atoms with van der Waals surface area (Å²) in [6.07, 6.45) is 1.72. The van der Waals surface area contributed by atoms with Crippen molar-refractivity contribution >= 4 is 39.7 Å². The van der Waals surface area contributed by atoms with Crippen LogP contribution < -0.4 is 10.6 Å². The average Bonchev–Trinajstić information content (AvgIpc) is 3.19. The fourth-order valence-corrected chi connectivity index (χ4v) is 4.26. The molecule has 0 saturated heterocycles. The van der Waals surface area contributed by atoms with E-state index in [9.17, 15) is 9.59 Å². The Bertz CT molecular complexity index is 1550. The van der Waals surface area contributed by atoms with Gasteiger partial charge in [-0.25, -0.2) is 0 Å². The minimum atomic E-state index is -0.351. The van der Waals surface area contributed by atoms with E-state index in [0.717, 1.165) is 32.9 Å². The molecule has 0 aliphatic carbocycles. The number of fused-ring (bicyclic) bond motifs is 3. The zero-order valence-electron chi connectivity index (χ0n) is 19.4. The highest BCUT2D eigenvalue weighted by Crippen LogP contribution is 2.29. The van der Waals surface area contributed by atoms with Crippen LogP contribution in [0, 0.1) is 0 Å². The second kappa shape index (κ2) is 9.69. The van der Waals surface area contributed by atoms with Crippen molar-refractivity contribution in [2.45, 2.75) is 6.54 Å². The van der Waals surface area contributed by atoms with Crippen molar-refractivity contribution in [1.29, 1.82) is 0 Å². The number of para-hydroxylation sites is 1. The van der Waals surface area contributed by atoms with Crippen molar-refractivity contribution in [3.05, 3.63) is 126 Å². The summed E-state index contributed by atoms with van der Waals surface area (Å²) in [4.78, 5) is 26.0. The molecule has 0 spiro atoms. The molecule has 5 aromatic rings. The third-order valence-electron chi connectivity index (χ3n) is 6.07. The van der Waals surface area contributed by atoms with Crippen LogP contribution in [0.5, 0.6) is 0 Å². The lowest BCUT2D eigenvalue weighted by molar-refractivity contribution is -0.117. The van der Waals surface area contributed by atoms with Gasteiger partial charge in [-0.1, -0.05) is 72.8 Å². The molecule has 0 aliphatic heterocycles. The number of hydrogen-bond donors (Lipinski definition) is 2. The van der Waals surface area contributed by atoms with Gasteiger partial charge in [0.25, 0.3) is 11.8 Å². The molecule has 0 bridgehead atoms. The molecule has 0 fully saturated rings. The van der Waals surface area contributed by atoms with Gasteiger partial charge in [0.1, 0.15) is 5.70 Å². The highest BCUT2D eigenvalue weighted by atomic mass is 16.2. The van der Waals surface area contributed by atoms with E-state index in [1.165, 1.54) is 0 Å². The van der Waals surface area contributed by atoms with Gasteiger partial charge in [-0.3, -0.25) is 9.59 Å². The lowest BCUT2D eigenvalue weighted by Crippen LogP contribution is -2.34. The first-order chi connectivity index (χ1) is 17.1. The van der Waals surface area contributed by atoms with Gasteiger partial charge < -0.3 is 15.2 Å². The lowest BCUT2D eigenvalue weighted by Gasteiger charge is -2.12. The van der Waals surface area contributed by atoms with Crippen LogP contribution >= 0.6 is 0 Å². The van der Waals surface area contributed by atoms with Gasteiger partial charge in [0.2, 0.25) is 0 Å². The fourth-order valence-electron chi connectivity index (χ4n) is 4.26. The predicted octanol–water partition coefficient (Wildman–Crippen LogP) is 5.42. The largest absolute Gasteiger partial charge is 0.347 e. The molecule has 0 saturated carbocycles. The summed E-state index contributed by atoms with van der Waals surface area (Å²) < 4.78 is 2.16. The third kappa shape index (κ3) is 4.70. The molecule has 4 aromatic carbocycles. The summed E-state index contributed by atoms with van der Waals surface area (Å²) in [5.74, 6) is -0.686. The van der Waals surface area contributed by atoms with Crippen LogP contribution in [0.25, 0.3) is 27.9 Å². The number of aromatic nitrogens is 1. The van der Waals surface area contributed by atoms with Crippen molar-refractivity contribution in [1.82, 2.24) is 15.2 Å². The van der Waals surface area contributed by atoms with Gasteiger partial charge in [-0.2, -0.15) is 0 Å². The molecule has 0 radical (unpaired) electrons. The number of amides is 2. The average molecular weight is 460 g/mol. The van der Waals surface area contributed by atoms with E-state index in [0.29, 0.717) is 12.1 Å². The van der Waals surface area contributed by atoms with Gasteiger partial charge in [0.15, 0.2) is 0 Å². The van der Waals surface area contributed by atoms with Crippen LogP contribution in [-0.2, 0) is 18.4 Å². The summed E-state index contributed by atoms with van der Waals surface area (Å²) in [7, 11) is 2.04. The van der Waals surface area contributed by atoms with Crippen molar-refractivity contribution in [3.8, 4) is 0 Å². The predicted molar refractivity (Wildman–Crippen MR) is 141 cm³/mol. The molecule has 2 N–H and O–H groups in total. The number of nitrogens with one attached hydrogen (secondary N) is 2. The number of rotatable bonds is 6. The SMILES string of the molecule is Cn1c2ccccc2c2cc(C=C(NC(=O)c3ccccc3)C(=O)NCc3ccccc3)ccc21. The maximum Gasteiger partial charge on any atom is 0.268 e. The van der Waals surface area contributed by atoms with Crippen molar-refractivity contribution < 1.29 is 9.59 Å². The van der Waals surface area contributed by atoms with E-state index < -0.39 is 0 Å². The highest BCUT2D eigenvalue weighted by Gasteiger charge is 2.15. The van der Waals surface area contributed by atoms with Crippen LogP contribution in [0.2, 0.25) is 0 Å². The van der Waals surface area contributed by atoms with Crippen LogP contribution in [0.3, 0.4) is 0 Å². The third-order valence-corrected chi connectivity index (χ3v) is 6.07. The molecule has 0 unspecified atom stereocenters. The molecule has 1 aromatic heterocycles. The summed E-state index contributed by atoms with van der Waals surface area (Å²) >= 11 is 0. The Hall–Kier alpha value is -4.64. The first kappa shape index (κ1) is 22.2. The zero-order chi connectivity index (χ0) is 24.2. The minimum absolute atomic E-state index is 0.189. The monoisotopic (exact) mass is 459 g/mol. The summed E-state index contributed by atoms with van der Waals surface area (Å²) in [5, 5.41) is 7.97. The molecule has 172 valence electrons. The smallest absolute Gasteiger partial charge is 0.268 e. The van der Waals surface area contributed by atoms with Crippen molar-refractivity contribution in [2.24, 2.45) is 7.05 Å². The Morgan fingerprint density at radius 1 is 0.771 bits per heavy atom. The van der Waals surface area contributed by atoms with E-state index in [1.54, 1.807) is 30.3 Å². The molecule has 5 rings (SSSR count). The van der Waals surface area contributed by atoms with Crippen LogP contribution in [0.15, 0.2) is 109 Å². The molecule has 0 aliphatic rings. The van der Waals surface area contributed by atoms with Gasteiger partial charge in [-0.15, -0.1) is 0 Å². The van der Waals surface area contributed by atoms with Crippen molar-refractivity contribution in [3.63, 3.8) is 0 Å². The second-order valence-corrected chi connectivity index (χ2v) is 8.40. The van der Waals surface area contributed by atoms with Crippen LogP contribution in [0.4, 0.5) is 0 Å². The Morgan fingerprint density at radius 2 is 1.43 bits per heavy atom. The first-order valence-electron chi connectivity index (χ1n) is 11.5. The standard InChI is InChI=1S/C30H25N3O2/c1-33-27-15-9-8-14-24(27)25-18-22(16-17-28(25)33)19-26(32-29(34)23-12-6-3-7-13-23)30(35)31-20-21-10-4-2-5-11-21/h2-19H,20H2,1H3,(H,31,35)(H,32,34). The number of nitrogens with zero attached hydrogens (tertiary/aromatic N) is 1. The minimum Gasteiger partial charge on any atom is -0.347 e. The number of carbonyl (C=O) groups is 2.